The molecule has 0 fully saturated rings. The van der Waals surface area contributed by atoms with Gasteiger partial charge < -0.3 is 5.32 Å². The van der Waals surface area contributed by atoms with Gasteiger partial charge in [0.15, 0.2) is 0 Å². The van der Waals surface area contributed by atoms with Crippen LogP contribution in [0.5, 0.6) is 0 Å². The molecule has 0 unspecified atom stereocenters. The maximum atomic E-state index is 13.0. The minimum absolute atomic E-state index is 0.0119. The van der Waals surface area contributed by atoms with Gasteiger partial charge in [-0.3, -0.25) is 4.79 Å². The van der Waals surface area contributed by atoms with Crippen molar-refractivity contribution >= 4 is 41.0 Å². The van der Waals surface area contributed by atoms with Crippen molar-refractivity contribution < 1.29 is 9.18 Å². The Hall–Kier alpha value is -2.11. The molecule has 22 heavy (non-hydrogen) atoms. The Balaban J connectivity index is 1.83. The summed E-state index contributed by atoms with van der Waals surface area (Å²) in [4.78, 5) is 11.6. The highest BCUT2D eigenvalue weighted by Gasteiger charge is 2.03. The molecule has 7 heteroatoms. The molecule has 2 aromatic rings. The lowest BCUT2D eigenvalue weighted by Crippen LogP contribution is -2.25. The van der Waals surface area contributed by atoms with E-state index >= 15 is 0 Å². The van der Waals surface area contributed by atoms with E-state index in [9.17, 15) is 9.18 Å². The van der Waals surface area contributed by atoms with Gasteiger partial charge in [-0.15, -0.1) is 0 Å². The highest BCUT2D eigenvalue weighted by Crippen LogP contribution is 2.19. The number of carbonyl (C=O) groups is 1. The van der Waals surface area contributed by atoms with Gasteiger partial charge in [-0.2, -0.15) is 5.10 Å². The zero-order chi connectivity index (χ0) is 15.9. The Morgan fingerprint density at radius 1 is 1.18 bits per heavy atom. The molecule has 0 aliphatic rings. The molecule has 0 heterocycles. The van der Waals surface area contributed by atoms with Crippen LogP contribution in [0.25, 0.3) is 0 Å². The van der Waals surface area contributed by atoms with Gasteiger partial charge in [-0.25, -0.2) is 9.82 Å². The molecule has 114 valence electrons. The largest absolute Gasteiger partial charge is 0.376 e. The van der Waals surface area contributed by atoms with E-state index in [-0.39, 0.29) is 17.5 Å². The second-order valence-electron chi connectivity index (χ2n) is 4.30. The van der Waals surface area contributed by atoms with E-state index in [0.717, 1.165) is 0 Å². The van der Waals surface area contributed by atoms with Gasteiger partial charge in [0.1, 0.15) is 5.82 Å². The number of amides is 1. The molecule has 2 rings (SSSR count). The number of rotatable bonds is 5. The third-order valence-electron chi connectivity index (χ3n) is 2.67. The first-order valence-corrected chi connectivity index (χ1v) is 7.07. The summed E-state index contributed by atoms with van der Waals surface area (Å²) in [5.41, 5.74) is 3.59. The summed E-state index contributed by atoms with van der Waals surface area (Å²) in [5.74, 6) is -0.871. The molecule has 0 bridgehead atoms. The number of benzene rings is 2. The molecule has 0 aromatic heterocycles. The van der Waals surface area contributed by atoms with Gasteiger partial charge in [0.25, 0.3) is 5.91 Å². The number of hydrazone groups is 1. The van der Waals surface area contributed by atoms with Crippen LogP contribution < -0.4 is 10.7 Å². The predicted molar refractivity (Wildman–Crippen MR) is 87.1 cm³/mol. The molecule has 2 N–H and O–H groups in total. The van der Waals surface area contributed by atoms with Crippen LogP contribution in [-0.2, 0) is 4.79 Å². The van der Waals surface area contributed by atoms with E-state index in [1.54, 1.807) is 18.2 Å². The first-order valence-electron chi connectivity index (χ1n) is 6.31. The fourth-order valence-electron chi connectivity index (χ4n) is 1.58. The lowest BCUT2D eigenvalue weighted by Gasteiger charge is -2.06. The SMILES string of the molecule is O=C(CNc1ccc(F)c(Cl)c1)N/N=C/c1ccccc1Cl. The van der Waals surface area contributed by atoms with E-state index in [1.807, 2.05) is 6.07 Å². The Bertz CT molecular complexity index is 707. The smallest absolute Gasteiger partial charge is 0.259 e. The molecule has 0 atom stereocenters. The molecule has 0 saturated heterocycles. The monoisotopic (exact) mass is 339 g/mol. The number of hydrogen-bond donors (Lipinski definition) is 2. The topological polar surface area (TPSA) is 53.5 Å². The van der Waals surface area contributed by atoms with Crippen LogP contribution in [0, 0.1) is 5.82 Å². The summed E-state index contributed by atoms with van der Waals surface area (Å²) in [6, 6.07) is 11.2. The second kappa shape index (κ2) is 7.77. The van der Waals surface area contributed by atoms with Crippen molar-refractivity contribution in [3.8, 4) is 0 Å². The number of carbonyl (C=O) groups excluding carboxylic acids is 1. The zero-order valence-corrected chi connectivity index (χ0v) is 12.8. The van der Waals surface area contributed by atoms with Crippen LogP contribution in [0.2, 0.25) is 10.0 Å². The average Bonchev–Trinajstić information content (AvgIpc) is 2.50. The van der Waals surface area contributed by atoms with E-state index < -0.39 is 5.82 Å². The Morgan fingerprint density at radius 3 is 2.68 bits per heavy atom. The summed E-state index contributed by atoms with van der Waals surface area (Å²) in [6.07, 6.45) is 1.45. The summed E-state index contributed by atoms with van der Waals surface area (Å²) in [6.45, 7) is -0.0260. The van der Waals surface area contributed by atoms with Crippen LogP contribution in [0.3, 0.4) is 0 Å². The Morgan fingerprint density at radius 2 is 1.95 bits per heavy atom. The van der Waals surface area contributed by atoms with E-state index in [4.69, 9.17) is 23.2 Å². The van der Waals surface area contributed by atoms with Crippen LogP contribution in [0.15, 0.2) is 47.6 Å². The minimum atomic E-state index is -0.513. The van der Waals surface area contributed by atoms with Crippen LogP contribution >= 0.6 is 23.2 Å². The maximum absolute atomic E-state index is 13.0. The van der Waals surface area contributed by atoms with Crippen molar-refractivity contribution in [1.29, 1.82) is 0 Å². The summed E-state index contributed by atoms with van der Waals surface area (Å²) in [7, 11) is 0. The van der Waals surface area contributed by atoms with E-state index in [1.165, 1.54) is 24.4 Å². The lowest BCUT2D eigenvalue weighted by molar-refractivity contribution is -0.119. The molecule has 0 spiro atoms. The minimum Gasteiger partial charge on any atom is -0.376 e. The average molecular weight is 340 g/mol. The van der Waals surface area contributed by atoms with Gasteiger partial charge in [0, 0.05) is 16.3 Å². The molecule has 0 saturated carbocycles. The third-order valence-corrected chi connectivity index (χ3v) is 3.30. The first-order chi connectivity index (χ1) is 10.6. The number of anilines is 1. The maximum Gasteiger partial charge on any atom is 0.259 e. The fourth-order valence-corrected chi connectivity index (χ4v) is 1.95. The van der Waals surface area contributed by atoms with Crippen LogP contribution in [0.1, 0.15) is 5.56 Å². The molecule has 1 amide bonds. The van der Waals surface area contributed by atoms with Crippen molar-refractivity contribution in [1.82, 2.24) is 5.43 Å². The Labute approximate surface area is 136 Å². The summed E-state index contributed by atoms with van der Waals surface area (Å²) in [5, 5.41) is 7.15. The quantitative estimate of drug-likeness (QED) is 0.644. The predicted octanol–water partition coefficient (Wildman–Crippen LogP) is 3.69. The molecular formula is C15H12Cl2FN3O. The Kier molecular flexibility index (Phi) is 5.75. The molecule has 2 aromatic carbocycles. The zero-order valence-electron chi connectivity index (χ0n) is 11.3. The third kappa shape index (κ3) is 4.72. The first kappa shape index (κ1) is 16.3. The highest BCUT2D eigenvalue weighted by molar-refractivity contribution is 6.33. The van der Waals surface area contributed by atoms with Crippen molar-refractivity contribution in [2.24, 2.45) is 5.10 Å². The van der Waals surface area contributed by atoms with Gasteiger partial charge >= 0.3 is 0 Å². The number of nitrogens with one attached hydrogen (secondary N) is 2. The second-order valence-corrected chi connectivity index (χ2v) is 5.11. The van der Waals surface area contributed by atoms with Gasteiger partial charge in [0.2, 0.25) is 0 Å². The normalized spacial score (nSPS) is 10.7. The van der Waals surface area contributed by atoms with Crippen LogP contribution in [-0.4, -0.2) is 18.7 Å². The fraction of sp³-hybridized carbons (Fsp3) is 0.0667. The lowest BCUT2D eigenvalue weighted by atomic mass is 10.2. The molecule has 0 aliphatic heterocycles. The van der Waals surface area contributed by atoms with E-state index in [0.29, 0.717) is 16.3 Å². The van der Waals surface area contributed by atoms with Gasteiger partial charge in [0.05, 0.1) is 17.8 Å². The van der Waals surface area contributed by atoms with Crippen molar-refractivity contribution in [3.05, 3.63) is 63.9 Å². The highest BCUT2D eigenvalue weighted by atomic mass is 35.5. The van der Waals surface area contributed by atoms with E-state index in [2.05, 4.69) is 15.8 Å². The van der Waals surface area contributed by atoms with Gasteiger partial charge in [-0.05, 0) is 24.3 Å². The van der Waals surface area contributed by atoms with Crippen LogP contribution in [0.4, 0.5) is 10.1 Å². The van der Waals surface area contributed by atoms with Crippen molar-refractivity contribution in [3.63, 3.8) is 0 Å². The number of halogens is 3. The molecule has 0 aliphatic carbocycles. The molecule has 4 nitrogen and oxygen atoms in total. The number of hydrogen-bond acceptors (Lipinski definition) is 3. The molecule has 0 radical (unpaired) electrons. The standard InChI is InChI=1S/C15H12Cl2FN3O/c16-12-4-2-1-3-10(12)8-20-21-15(22)9-19-11-5-6-14(18)13(17)7-11/h1-8,19H,9H2,(H,21,22)/b20-8+. The van der Waals surface area contributed by atoms with Crippen molar-refractivity contribution in [2.45, 2.75) is 0 Å². The summed E-state index contributed by atoms with van der Waals surface area (Å²) < 4.78 is 13.0. The number of nitrogens with zero attached hydrogens (tertiary/aromatic N) is 1. The molecular weight excluding hydrogens is 328 g/mol. The summed E-state index contributed by atoms with van der Waals surface area (Å²) >= 11 is 11.6. The van der Waals surface area contributed by atoms with Gasteiger partial charge in [-0.1, -0.05) is 41.4 Å². The van der Waals surface area contributed by atoms with Crippen molar-refractivity contribution in [2.75, 3.05) is 11.9 Å².